The van der Waals surface area contributed by atoms with Crippen LogP contribution in [0.4, 0.5) is 5.69 Å². The molecule has 0 aliphatic heterocycles. The molecule has 10 heteroatoms. The summed E-state index contributed by atoms with van der Waals surface area (Å²) in [5.41, 5.74) is -0.520. The van der Waals surface area contributed by atoms with Gasteiger partial charge in [0.2, 0.25) is 0 Å². The third-order valence-electron chi connectivity index (χ3n) is 4.75. The van der Waals surface area contributed by atoms with Crippen molar-refractivity contribution < 1.29 is 27.7 Å². The molecule has 0 aliphatic carbocycles. The first kappa shape index (κ1) is 27.7. The first-order chi connectivity index (χ1) is 15.3. The molecule has 0 aromatic heterocycles. The summed E-state index contributed by atoms with van der Waals surface area (Å²) in [6, 6.07) is 5.10. The van der Waals surface area contributed by atoms with Gasteiger partial charge >= 0.3 is 5.97 Å². The molecule has 9 nitrogen and oxygen atoms in total. The Bertz CT molecular complexity index is 840. The number of benzene rings is 1. The monoisotopic (exact) mass is 470 g/mol. The molecule has 0 heterocycles. The summed E-state index contributed by atoms with van der Waals surface area (Å²) in [5, 5.41) is 11.2. The fourth-order valence-electron chi connectivity index (χ4n) is 3.05. The molecule has 0 spiro atoms. The van der Waals surface area contributed by atoms with Crippen molar-refractivity contribution in [2.45, 2.75) is 82.6 Å². The van der Waals surface area contributed by atoms with Crippen LogP contribution in [0.25, 0.3) is 0 Å². The number of sulfonamides is 1. The smallest absolute Gasteiger partial charge is 0.302 e. The van der Waals surface area contributed by atoms with Crippen molar-refractivity contribution >= 4 is 21.7 Å². The molecule has 0 fully saturated rings. The Labute approximate surface area is 190 Å². The van der Waals surface area contributed by atoms with Crippen molar-refractivity contribution in [2.24, 2.45) is 0 Å². The molecule has 180 valence electrons. The van der Waals surface area contributed by atoms with Gasteiger partial charge in [-0.2, -0.15) is 0 Å². The van der Waals surface area contributed by atoms with Crippen molar-refractivity contribution in [3.63, 3.8) is 0 Å². The van der Waals surface area contributed by atoms with Gasteiger partial charge in [-0.15, -0.1) is 0 Å². The molecule has 1 unspecified atom stereocenters. The van der Waals surface area contributed by atoms with Crippen molar-refractivity contribution in [1.29, 1.82) is 0 Å². The van der Waals surface area contributed by atoms with E-state index < -0.39 is 31.6 Å². The number of para-hydroxylation sites is 1. The van der Waals surface area contributed by atoms with Gasteiger partial charge in [0.05, 0.1) is 11.0 Å². The van der Waals surface area contributed by atoms with Crippen LogP contribution in [0.15, 0.2) is 41.3 Å². The van der Waals surface area contributed by atoms with E-state index in [1.54, 1.807) is 12.2 Å². The van der Waals surface area contributed by atoms with E-state index in [1.165, 1.54) is 44.7 Å². The molecular weight excluding hydrogens is 436 g/mol. The molecule has 1 aromatic carbocycles. The number of hydrogen-bond donors (Lipinski definition) is 1. The number of carbonyl (C=O) groups is 1. The zero-order valence-corrected chi connectivity index (χ0v) is 19.6. The first-order valence-corrected chi connectivity index (χ1v) is 12.5. The number of rotatable bonds is 17. The summed E-state index contributed by atoms with van der Waals surface area (Å²) in [7, 11) is -4.23. The van der Waals surface area contributed by atoms with Gasteiger partial charge < -0.3 is 4.74 Å². The number of ether oxygens (including phenoxy) is 1. The minimum atomic E-state index is -4.23. The highest BCUT2D eigenvalue weighted by atomic mass is 32.2. The average Bonchev–Trinajstić information content (AvgIpc) is 2.75. The van der Waals surface area contributed by atoms with Crippen molar-refractivity contribution in [3.8, 4) is 0 Å². The molecule has 0 saturated heterocycles. The molecule has 1 aromatic rings. The second kappa shape index (κ2) is 15.5. The van der Waals surface area contributed by atoms with Gasteiger partial charge in [-0.25, -0.2) is 8.42 Å². The second-order valence-electron chi connectivity index (χ2n) is 7.47. The van der Waals surface area contributed by atoms with E-state index in [0.29, 0.717) is 12.8 Å². The van der Waals surface area contributed by atoms with Gasteiger partial charge in [0.25, 0.3) is 15.7 Å². The van der Waals surface area contributed by atoms with Crippen LogP contribution in [0.2, 0.25) is 0 Å². The van der Waals surface area contributed by atoms with Crippen LogP contribution in [0.5, 0.6) is 0 Å². The van der Waals surface area contributed by atoms with Crippen LogP contribution in [0.3, 0.4) is 0 Å². The number of carbonyl (C=O) groups excluding carboxylic acids is 1. The molecule has 1 N–H and O–H groups in total. The molecular formula is C22H34N2O7S. The lowest BCUT2D eigenvalue weighted by Crippen LogP contribution is -2.30. The summed E-state index contributed by atoms with van der Waals surface area (Å²) in [4.78, 5) is 28.3. The number of nitrogens with zero attached hydrogens (tertiary/aromatic N) is 1. The highest BCUT2D eigenvalue weighted by Gasteiger charge is 2.26. The number of unbranched alkanes of at least 4 members (excludes halogenated alkanes) is 6. The molecule has 32 heavy (non-hydrogen) atoms. The number of hydrogen-bond acceptors (Lipinski definition) is 7. The first-order valence-electron chi connectivity index (χ1n) is 11.0. The summed E-state index contributed by atoms with van der Waals surface area (Å²) in [6.45, 7) is 3.61. The molecule has 0 bridgehead atoms. The number of nitro benzene ring substituents is 1. The predicted molar refractivity (Wildman–Crippen MR) is 121 cm³/mol. The van der Waals surface area contributed by atoms with Gasteiger partial charge in [0.1, 0.15) is 6.61 Å². The normalized spacial score (nSPS) is 12.7. The fraction of sp³-hybridized carbons (Fsp3) is 0.591. The summed E-state index contributed by atoms with van der Waals surface area (Å²) in [5.74, 6) is -0.386. The number of nitro groups is 1. The average molecular weight is 471 g/mol. The summed E-state index contributed by atoms with van der Waals surface area (Å²) >= 11 is 0. The minimum absolute atomic E-state index is 0.126. The third-order valence-corrected chi connectivity index (χ3v) is 5.99. The van der Waals surface area contributed by atoms with Gasteiger partial charge in [-0.3, -0.25) is 19.7 Å². The Morgan fingerprint density at radius 3 is 2.44 bits per heavy atom. The lowest BCUT2D eigenvalue weighted by molar-refractivity contribution is -0.387. The van der Waals surface area contributed by atoms with E-state index in [1.807, 2.05) is 4.89 Å². The van der Waals surface area contributed by atoms with Gasteiger partial charge in [0.15, 0.2) is 4.90 Å². The Hall–Kier alpha value is -2.30. The molecule has 1 atom stereocenters. The van der Waals surface area contributed by atoms with Crippen LogP contribution in [0, 0.1) is 10.1 Å². The van der Waals surface area contributed by atoms with Gasteiger partial charge in [-0.1, -0.05) is 81.0 Å². The van der Waals surface area contributed by atoms with Gasteiger partial charge in [-0.05, 0) is 18.9 Å². The Balaban J connectivity index is 2.68. The van der Waals surface area contributed by atoms with E-state index in [4.69, 9.17) is 9.57 Å². The zero-order chi connectivity index (χ0) is 23.8. The van der Waals surface area contributed by atoms with Gasteiger partial charge in [0, 0.05) is 13.0 Å². The van der Waals surface area contributed by atoms with Crippen LogP contribution < -0.4 is 4.89 Å². The van der Waals surface area contributed by atoms with Crippen LogP contribution in [-0.4, -0.2) is 32.0 Å². The van der Waals surface area contributed by atoms with Crippen LogP contribution in [-0.2, 0) is 24.4 Å². The largest absolute Gasteiger partial charge is 0.462 e. The maximum Gasteiger partial charge on any atom is 0.302 e. The Kier molecular flexibility index (Phi) is 13.4. The minimum Gasteiger partial charge on any atom is -0.462 e. The van der Waals surface area contributed by atoms with E-state index in [0.717, 1.165) is 31.4 Å². The van der Waals surface area contributed by atoms with E-state index in [-0.39, 0.29) is 12.6 Å². The summed E-state index contributed by atoms with van der Waals surface area (Å²) in [6.07, 6.45) is 11.8. The zero-order valence-electron chi connectivity index (χ0n) is 18.8. The topological polar surface area (TPSA) is 125 Å². The molecule has 0 saturated carbocycles. The van der Waals surface area contributed by atoms with E-state index in [2.05, 4.69) is 6.92 Å². The Morgan fingerprint density at radius 2 is 1.78 bits per heavy atom. The second-order valence-corrected chi connectivity index (χ2v) is 9.08. The maximum atomic E-state index is 12.6. The number of nitrogens with one attached hydrogen (secondary N) is 1. The highest BCUT2D eigenvalue weighted by molar-refractivity contribution is 7.89. The lowest BCUT2D eigenvalue weighted by Gasteiger charge is -2.17. The van der Waals surface area contributed by atoms with Crippen molar-refractivity contribution in [1.82, 2.24) is 4.89 Å². The van der Waals surface area contributed by atoms with Crippen molar-refractivity contribution in [2.75, 3.05) is 6.61 Å². The van der Waals surface area contributed by atoms with Crippen molar-refractivity contribution in [3.05, 3.63) is 46.5 Å². The molecule has 1 rings (SSSR count). The SMILES string of the molecule is CCCCCCCCCC(C/C=C/COC(C)=O)ONS(=O)(=O)c1ccccc1[N+](=O)[O-]. The predicted octanol–water partition coefficient (Wildman–Crippen LogP) is 4.82. The fourth-order valence-corrected chi connectivity index (χ4v) is 4.08. The third kappa shape index (κ3) is 11.4. The quantitative estimate of drug-likeness (QED) is 0.114. The van der Waals surface area contributed by atoms with Crippen LogP contribution >= 0.6 is 0 Å². The number of esters is 1. The molecule has 0 radical (unpaired) electrons. The molecule has 0 amide bonds. The maximum absolute atomic E-state index is 12.6. The molecule has 0 aliphatic rings. The lowest BCUT2D eigenvalue weighted by atomic mass is 10.0. The Morgan fingerprint density at radius 1 is 1.12 bits per heavy atom. The highest BCUT2D eigenvalue weighted by Crippen LogP contribution is 2.23. The van der Waals surface area contributed by atoms with Crippen LogP contribution in [0.1, 0.15) is 71.6 Å². The van der Waals surface area contributed by atoms with E-state index >= 15 is 0 Å². The van der Waals surface area contributed by atoms with E-state index in [9.17, 15) is 23.3 Å². The summed E-state index contributed by atoms with van der Waals surface area (Å²) < 4.78 is 30.0. The standard InChI is InChI=1S/C22H34N2O7S/c1-3-4-5-6-7-8-9-14-20(15-12-13-18-30-19(2)25)31-23-32(28,29)22-17-11-10-16-21(22)24(26)27/h10-13,16-17,20,23H,3-9,14-15,18H2,1-2H3/b13-12+.